The summed E-state index contributed by atoms with van der Waals surface area (Å²) in [5, 5.41) is 2.71. The summed E-state index contributed by atoms with van der Waals surface area (Å²) >= 11 is 0. The van der Waals surface area contributed by atoms with E-state index >= 15 is 0 Å². The number of nitrogens with one attached hydrogen (secondary N) is 1. The molecule has 0 aromatic heterocycles. The summed E-state index contributed by atoms with van der Waals surface area (Å²) < 4.78 is 47.1. The third-order valence-corrected chi connectivity index (χ3v) is 7.52. The molecule has 1 N–H and O–H groups in total. The van der Waals surface area contributed by atoms with Gasteiger partial charge in [0.1, 0.15) is 5.82 Å². The molecule has 1 amide bonds. The summed E-state index contributed by atoms with van der Waals surface area (Å²) in [4.78, 5) is 14.7. The molecule has 2 fully saturated rings. The zero-order chi connectivity index (χ0) is 21.7. The van der Waals surface area contributed by atoms with Crippen LogP contribution >= 0.6 is 0 Å². The molecule has 0 bridgehead atoms. The predicted molar refractivity (Wildman–Crippen MR) is 112 cm³/mol. The zero-order valence-corrected chi connectivity index (χ0v) is 18.6. The molecule has 3 rings (SSSR count). The van der Waals surface area contributed by atoms with Gasteiger partial charge in [-0.05, 0) is 49.4 Å². The average Bonchev–Trinajstić information content (AvgIpc) is 2.71. The number of rotatable bonds is 7. The van der Waals surface area contributed by atoms with Crippen LogP contribution in [0.3, 0.4) is 0 Å². The minimum absolute atomic E-state index is 0.0383. The van der Waals surface area contributed by atoms with Crippen molar-refractivity contribution in [2.75, 3.05) is 52.5 Å². The minimum atomic E-state index is -3.77. The second-order valence-electron chi connectivity index (χ2n) is 8.47. The van der Waals surface area contributed by atoms with Crippen LogP contribution in [0.5, 0.6) is 0 Å². The van der Waals surface area contributed by atoms with E-state index in [-0.39, 0.29) is 22.3 Å². The number of piperidine rings is 1. The van der Waals surface area contributed by atoms with Gasteiger partial charge in [-0.15, -0.1) is 0 Å². The zero-order valence-electron chi connectivity index (χ0n) is 17.8. The van der Waals surface area contributed by atoms with Crippen molar-refractivity contribution in [3.63, 3.8) is 0 Å². The third-order valence-electron chi connectivity index (χ3n) is 5.70. The number of carbonyl (C=O) groups excluding carboxylic acids is 1. The number of nitrogens with zero attached hydrogens (tertiary/aromatic N) is 2. The maximum Gasteiger partial charge on any atom is 0.254 e. The van der Waals surface area contributed by atoms with Crippen LogP contribution in [-0.2, 0) is 14.8 Å². The van der Waals surface area contributed by atoms with E-state index in [4.69, 9.17) is 4.74 Å². The van der Waals surface area contributed by atoms with Gasteiger partial charge in [-0.1, -0.05) is 13.8 Å². The lowest BCUT2D eigenvalue weighted by atomic mass is 9.94. The Bertz CT molecular complexity index is 833. The van der Waals surface area contributed by atoms with Crippen LogP contribution in [0.2, 0.25) is 0 Å². The van der Waals surface area contributed by atoms with Gasteiger partial charge in [-0.3, -0.25) is 9.69 Å². The van der Waals surface area contributed by atoms with E-state index in [2.05, 4.69) is 10.2 Å². The summed E-state index contributed by atoms with van der Waals surface area (Å²) in [6.45, 7) is 9.32. The highest BCUT2D eigenvalue weighted by Crippen LogP contribution is 2.27. The quantitative estimate of drug-likeness (QED) is 0.655. The normalized spacial score (nSPS) is 24.0. The van der Waals surface area contributed by atoms with E-state index in [1.807, 2.05) is 13.8 Å². The maximum atomic E-state index is 14.3. The molecule has 0 aliphatic carbocycles. The lowest BCUT2D eigenvalue weighted by molar-refractivity contribution is 0.0374. The Kier molecular flexibility index (Phi) is 7.84. The van der Waals surface area contributed by atoms with E-state index in [9.17, 15) is 17.6 Å². The Morgan fingerprint density at radius 1 is 1.20 bits per heavy atom. The van der Waals surface area contributed by atoms with Gasteiger partial charge in [0.05, 0.1) is 23.7 Å². The summed E-state index contributed by atoms with van der Waals surface area (Å²) in [6, 6.07) is 3.46. The van der Waals surface area contributed by atoms with Gasteiger partial charge < -0.3 is 10.1 Å². The third kappa shape index (κ3) is 5.78. The molecular weight excluding hydrogens is 409 g/mol. The first-order valence-corrected chi connectivity index (χ1v) is 12.1. The summed E-state index contributed by atoms with van der Waals surface area (Å²) in [7, 11) is -3.77. The van der Waals surface area contributed by atoms with Crippen LogP contribution in [-0.4, -0.2) is 76.0 Å². The number of carbonyl (C=O) groups is 1. The monoisotopic (exact) mass is 441 g/mol. The van der Waals surface area contributed by atoms with Crippen molar-refractivity contribution in [3.8, 4) is 0 Å². The molecule has 1 aromatic rings. The lowest BCUT2D eigenvalue weighted by Gasteiger charge is -2.34. The van der Waals surface area contributed by atoms with Gasteiger partial charge in [-0.25, -0.2) is 12.8 Å². The smallest absolute Gasteiger partial charge is 0.254 e. The Labute approximate surface area is 178 Å². The van der Waals surface area contributed by atoms with Gasteiger partial charge in [0, 0.05) is 32.7 Å². The van der Waals surface area contributed by atoms with Crippen molar-refractivity contribution in [2.24, 2.45) is 11.8 Å². The van der Waals surface area contributed by atoms with E-state index < -0.39 is 21.7 Å². The molecule has 9 heteroatoms. The van der Waals surface area contributed by atoms with E-state index in [1.54, 1.807) is 0 Å². The number of amides is 1. The van der Waals surface area contributed by atoms with Crippen LogP contribution in [0.25, 0.3) is 0 Å². The number of ether oxygens (including phenoxy) is 1. The number of hydrogen-bond acceptors (Lipinski definition) is 5. The first-order valence-electron chi connectivity index (χ1n) is 10.7. The molecule has 2 saturated heterocycles. The number of sulfonamides is 1. The molecule has 1 aromatic carbocycles. The SMILES string of the molecule is CC1CC(C)CN(S(=O)(=O)c2ccc(F)c(C(=O)NCCCN3CCOCC3)c2)C1. The first kappa shape index (κ1) is 23.1. The highest BCUT2D eigenvalue weighted by molar-refractivity contribution is 7.89. The Morgan fingerprint density at radius 2 is 1.87 bits per heavy atom. The Morgan fingerprint density at radius 3 is 2.53 bits per heavy atom. The fraction of sp³-hybridized carbons (Fsp3) is 0.667. The highest BCUT2D eigenvalue weighted by atomic mass is 32.2. The van der Waals surface area contributed by atoms with Crippen LogP contribution in [0.4, 0.5) is 4.39 Å². The summed E-state index contributed by atoms with van der Waals surface area (Å²) in [5.74, 6) is -0.789. The molecule has 2 aliphatic rings. The van der Waals surface area contributed by atoms with Crippen LogP contribution in [0.1, 0.15) is 37.0 Å². The maximum absolute atomic E-state index is 14.3. The molecule has 2 aliphatic heterocycles. The molecule has 2 unspecified atom stereocenters. The molecule has 2 heterocycles. The minimum Gasteiger partial charge on any atom is -0.379 e. The molecular formula is C21H32FN3O4S. The Balaban J connectivity index is 1.63. The van der Waals surface area contributed by atoms with Crippen LogP contribution in [0, 0.1) is 17.7 Å². The Hall–Kier alpha value is -1.55. The van der Waals surface area contributed by atoms with Crippen molar-refractivity contribution in [1.82, 2.24) is 14.5 Å². The topological polar surface area (TPSA) is 79.0 Å². The van der Waals surface area contributed by atoms with Crippen molar-refractivity contribution in [1.29, 1.82) is 0 Å². The van der Waals surface area contributed by atoms with Crippen LogP contribution < -0.4 is 5.32 Å². The molecule has 168 valence electrons. The molecule has 30 heavy (non-hydrogen) atoms. The number of hydrogen-bond donors (Lipinski definition) is 1. The lowest BCUT2D eigenvalue weighted by Crippen LogP contribution is -2.42. The number of benzene rings is 1. The second kappa shape index (κ2) is 10.2. The molecule has 2 atom stereocenters. The van der Waals surface area contributed by atoms with Gasteiger partial charge in [-0.2, -0.15) is 4.31 Å². The van der Waals surface area contributed by atoms with E-state index in [0.717, 1.165) is 44.6 Å². The molecule has 7 nitrogen and oxygen atoms in total. The van der Waals surface area contributed by atoms with Gasteiger partial charge in [0.15, 0.2) is 0 Å². The molecule has 0 spiro atoms. The molecule has 0 saturated carbocycles. The summed E-state index contributed by atoms with van der Waals surface area (Å²) in [6.07, 6.45) is 1.71. The predicted octanol–water partition coefficient (Wildman–Crippen LogP) is 1.94. The van der Waals surface area contributed by atoms with Gasteiger partial charge >= 0.3 is 0 Å². The molecule has 0 radical (unpaired) electrons. The largest absolute Gasteiger partial charge is 0.379 e. The fourth-order valence-electron chi connectivity index (χ4n) is 4.21. The fourth-order valence-corrected chi connectivity index (χ4v) is 5.92. The standard InChI is InChI=1S/C21H32FN3O4S/c1-16-12-17(2)15-25(14-16)30(27,28)18-4-5-20(22)19(13-18)21(26)23-6-3-7-24-8-10-29-11-9-24/h4-5,13,16-17H,3,6-12,14-15H2,1-2H3,(H,23,26). The van der Waals surface area contributed by atoms with Crippen LogP contribution in [0.15, 0.2) is 23.1 Å². The van der Waals surface area contributed by atoms with E-state index in [1.165, 1.54) is 10.4 Å². The number of morpholine rings is 1. The number of halogens is 1. The van der Waals surface area contributed by atoms with Crippen molar-refractivity contribution in [2.45, 2.75) is 31.6 Å². The first-order chi connectivity index (χ1) is 14.3. The highest BCUT2D eigenvalue weighted by Gasteiger charge is 2.32. The van der Waals surface area contributed by atoms with Crippen molar-refractivity contribution >= 4 is 15.9 Å². The van der Waals surface area contributed by atoms with Crippen molar-refractivity contribution < 1.29 is 22.3 Å². The second-order valence-corrected chi connectivity index (χ2v) is 10.4. The summed E-state index contributed by atoms with van der Waals surface area (Å²) in [5.41, 5.74) is -0.236. The van der Waals surface area contributed by atoms with E-state index in [0.29, 0.717) is 32.8 Å². The average molecular weight is 442 g/mol. The van der Waals surface area contributed by atoms with Crippen molar-refractivity contribution in [3.05, 3.63) is 29.6 Å². The van der Waals surface area contributed by atoms with Gasteiger partial charge in [0.2, 0.25) is 10.0 Å². The van der Waals surface area contributed by atoms with Gasteiger partial charge in [0.25, 0.3) is 5.91 Å².